The van der Waals surface area contributed by atoms with Gasteiger partial charge in [0.1, 0.15) is 0 Å². The zero-order valence-electron chi connectivity index (χ0n) is 15.6. The Balaban J connectivity index is 0.000000177. The van der Waals surface area contributed by atoms with Gasteiger partial charge in [-0.1, -0.05) is 35.9 Å². The summed E-state index contributed by atoms with van der Waals surface area (Å²) >= 11 is 7.83. The minimum atomic E-state index is 0.0605. The Labute approximate surface area is 173 Å². The van der Waals surface area contributed by atoms with Crippen LogP contribution in [-0.4, -0.2) is 47.9 Å². The van der Waals surface area contributed by atoms with Crippen LogP contribution in [0.1, 0.15) is 11.1 Å². The standard InChI is InChI=1S/C14H18ClN3O.C7H5NS/c15-12-9-13-11(8-14(19)17-13)7-10(12)1-4-18-5-2-16-3-6-18;1-2-4-7-6(3-1)5-8-9-7/h7,9,16H,1-6,8H2,(H,17,19);1-5H. The van der Waals surface area contributed by atoms with E-state index in [2.05, 4.69) is 38.1 Å². The average molecular weight is 415 g/mol. The first-order valence-corrected chi connectivity index (χ1v) is 10.7. The van der Waals surface area contributed by atoms with Gasteiger partial charge in [0, 0.05) is 55.0 Å². The van der Waals surface area contributed by atoms with Crippen LogP contribution in [0.5, 0.6) is 0 Å². The van der Waals surface area contributed by atoms with Gasteiger partial charge < -0.3 is 15.5 Å². The van der Waals surface area contributed by atoms with Gasteiger partial charge in [0.25, 0.3) is 0 Å². The van der Waals surface area contributed by atoms with Crippen molar-refractivity contribution in [2.75, 3.05) is 38.0 Å². The normalized spacial score (nSPS) is 16.4. The zero-order chi connectivity index (χ0) is 19.3. The van der Waals surface area contributed by atoms with Gasteiger partial charge in [-0.25, -0.2) is 0 Å². The van der Waals surface area contributed by atoms with E-state index in [-0.39, 0.29) is 5.91 Å². The Morgan fingerprint density at radius 1 is 1.18 bits per heavy atom. The van der Waals surface area contributed by atoms with Crippen molar-refractivity contribution in [1.29, 1.82) is 0 Å². The first-order chi connectivity index (χ1) is 13.7. The Kier molecular flexibility index (Phi) is 6.22. The molecule has 2 aliphatic heterocycles. The number of carbonyl (C=O) groups excluding carboxylic acids is 1. The molecule has 0 spiro atoms. The third kappa shape index (κ3) is 4.70. The van der Waals surface area contributed by atoms with E-state index < -0.39 is 0 Å². The minimum Gasteiger partial charge on any atom is -0.325 e. The lowest BCUT2D eigenvalue weighted by molar-refractivity contribution is -0.115. The number of hydrogen-bond acceptors (Lipinski definition) is 5. The topological polar surface area (TPSA) is 57.3 Å². The van der Waals surface area contributed by atoms with Crippen LogP contribution in [0.4, 0.5) is 5.69 Å². The fourth-order valence-corrected chi connectivity index (χ4v) is 4.42. The van der Waals surface area contributed by atoms with Crippen LogP contribution < -0.4 is 10.6 Å². The van der Waals surface area contributed by atoms with E-state index >= 15 is 0 Å². The molecular weight excluding hydrogens is 392 g/mol. The SMILES string of the molecule is O=C1Cc2cc(CCN3CCNCC3)c(Cl)cc2N1.c1ccc2sncc2c1. The Bertz CT molecular complexity index is 938. The van der Waals surface area contributed by atoms with Crippen molar-refractivity contribution in [2.45, 2.75) is 12.8 Å². The van der Waals surface area contributed by atoms with Gasteiger partial charge in [-0.2, -0.15) is 4.37 Å². The number of nitrogens with zero attached hydrogens (tertiary/aromatic N) is 2. The molecule has 2 N–H and O–H groups in total. The first kappa shape index (κ1) is 19.3. The van der Waals surface area contributed by atoms with Crippen molar-refractivity contribution < 1.29 is 4.79 Å². The average Bonchev–Trinajstić information content (AvgIpc) is 3.32. The molecule has 2 aliphatic rings. The van der Waals surface area contributed by atoms with Crippen molar-refractivity contribution >= 4 is 44.8 Å². The van der Waals surface area contributed by atoms with E-state index in [9.17, 15) is 4.79 Å². The third-order valence-electron chi connectivity index (χ3n) is 5.07. The van der Waals surface area contributed by atoms with Crippen LogP contribution in [0.2, 0.25) is 5.02 Å². The number of fused-ring (bicyclic) bond motifs is 2. The molecule has 146 valence electrons. The molecule has 7 heteroatoms. The van der Waals surface area contributed by atoms with E-state index in [0.29, 0.717) is 6.42 Å². The van der Waals surface area contributed by atoms with Crippen molar-refractivity contribution in [2.24, 2.45) is 0 Å². The van der Waals surface area contributed by atoms with E-state index in [0.717, 1.165) is 61.0 Å². The highest BCUT2D eigenvalue weighted by Gasteiger charge is 2.19. The van der Waals surface area contributed by atoms with Crippen molar-refractivity contribution in [1.82, 2.24) is 14.6 Å². The summed E-state index contributed by atoms with van der Waals surface area (Å²) in [7, 11) is 0. The smallest absolute Gasteiger partial charge is 0.228 e. The Morgan fingerprint density at radius 3 is 2.82 bits per heavy atom. The highest BCUT2D eigenvalue weighted by molar-refractivity contribution is 7.13. The second kappa shape index (κ2) is 9.01. The predicted octanol–water partition coefficient (Wildman–Crippen LogP) is 3.58. The Hall–Kier alpha value is -1.99. The largest absolute Gasteiger partial charge is 0.325 e. The Morgan fingerprint density at radius 2 is 2.00 bits per heavy atom. The maximum atomic E-state index is 11.4. The van der Waals surface area contributed by atoms with Gasteiger partial charge in [-0.3, -0.25) is 4.79 Å². The van der Waals surface area contributed by atoms with Gasteiger partial charge in [0.15, 0.2) is 0 Å². The summed E-state index contributed by atoms with van der Waals surface area (Å²) in [6.45, 7) is 5.36. The van der Waals surface area contributed by atoms with Crippen LogP contribution in [-0.2, 0) is 17.6 Å². The van der Waals surface area contributed by atoms with Gasteiger partial charge >= 0.3 is 0 Å². The van der Waals surface area contributed by atoms with Gasteiger partial charge in [-0.15, -0.1) is 0 Å². The summed E-state index contributed by atoms with van der Waals surface area (Å²) in [6.07, 6.45) is 3.31. The first-order valence-electron chi connectivity index (χ1n) is 9.53. The van der Waals surface area contributed by atoms with Gasteiger partial charge in [-0.05, 0) is 41.2 Å². The molecule has 5 nitrogen and oxygen atoms in total. The molecule has 5 rings (SSSR count). The molecule has 0 atom stereocenters. The van der Waals surface area contributed by atoms with E-state index in [1.165, 1.54) is 21.6 Å². The van der Waals surface area contributed by atoms with E-state index in [4.69, 9.17) is 11.6 Å². The number of rotatable bonds is 3. The molecule has 1 amide bonds. The predicted molar refractivity (Wildman–Crippen MR) is 116 cm³/mol. The lowest BCUT2D eigenvalue weighted by Gasteiger charge is -2.27. The summed E-state index contributed by atoms with van der Waals surface area (Å²) in [5, 5.41) is 8.18. The molecule has 28 heavy (non-hydrogen) atoms. The molecule has 1 aromatic heterocycles. The van der Waals surface area contributed by atoms with Gasteiger partial charge in [0.05, 0.1) is 11.1 Å². The number of nitrogens with one attached hydrogen (secondary N) is 2. The zero-order valence-corrected chi connectivity index (χ0v) is 17.2. The number of amides is 1. The molecule has 0 radical (unpaired) electrons. The van der Waals surface area contributed by atoms with Crippen molar-refractivity contribution in [3.8, 4) is 0 Å². The third-order valence-corrected chi connectivity index (χ3v) is 6.20. The monoisotopic (exact) mass is 414 g/mol. The number of anilines is 1. The summed E-state index contributed by atoms with van der Waals surface area (Å²) in [4.78, 5) is 13.8. The lowest BCUT2D eigenvalue weighted by Crippen LogP contribution is -2.44. The fraction of sp³-hybridized carbons (Fsp3) is 0.333. The van der Waals surface area contributed by atoms with Crippen molar-refractivity contribution in [3.05, 3.63) is 58.7 Å². The second-order valence-electron chi connectivity index (χ2n) is 7.03. The van der Waals surface area contributed by atoms with E-state index in [1.807, 2.05) is 24.4 Å². The highest BCUT2D eigenvalue weighted by Crippen LogP contribution is 2.30. The van der Waals surface area contributed by atoms with Crippen LogP contribution in [0, 0.1) is 0 Å². The highest BCUT2D eigenvalue weighted by atomic mass is 35.5. The summed E-state index contributed by atoms with van der Waals surface area (Å²) < 4.78 is 5.30. The summed E-state index contributed by atoms with van der Waals surface area (Å²) in [6, 6.07) is 12.2. The number of piperazine rings is 1. The molecular formula is C21H23ClN4OS. The summed E-state index contributed by atoms with van der Waals surface area (Å²) in [5.74, 6) is 0.0605. The molecule has 0 bridgehead atoms. The molecule has 3 aromatic rings. The van der Waals surface area contributed by atoms with Gasteiger partial charge in [0.2, 0.25) is 5.91 Å². The number of hydrogen-bond donors (Lipinski definition) is 2. The molecule has 0 aliphatic carbocycles. The molecule has 1 fully saturated rings. The minimum absolute atomic E-state index is 0.0605. The lowest BCUT2D eigenvalue weighted by atomic mass is 10.1. The van der Waals surface area contributed by atoms with E-state index in [1.54, 1.807) is 0 Å². The second-order valence-corrected chi connectivity index (χ2v) is 8.27. The number of halogens is 1. The maximum absolute atomic E-state index is 11.4. The number of aromatic nitrogens is 1. The maximum Gasteiger partial charge on any atom is 0.228 e. The number of carbonyl (C=O) groups is 1. The molecule has 0 saturated carbocycles. The van der Waals surface area contributed by atoms with Crippen LogP contribution >= 0.6 is 23.1 Å². The molecule has 3 heterocycles. The van der Waals surface area contributed by atoms with Crippen LogP contribution in [0.25, 0.3) is 10.1 Å². The number of benzene rings is 2. The van der Waals surface area contributed by atoms with Crippen LogP contribution in [0.3, 0.4) is 0 Å². The van der Waals surface area contributed by atoms with Crippen molar-refractivity contribution in [3.63, 3.8) is 0 Å². The molecule has 2 aromatic carbocycles. The molecule has 0 unspecified atom stereocenters. The fourth-order valence-electron chi connectivity index (χ4n) is 3.51. The quantitative estimate of drug-likeness (QED) is 0.687. The molecule has 1 saturated heterocycles. The van der Waals surface area contributed by atoms with Crippen LogP contribution in [0.15, 0.2) is 42.6 Å². The summed E-state index contributed by atoms with van der Waals surface area (Å²) in [5.41, 5.74) is 3.10.